The minimum absolute atomic E-state index is 0.104. The number of sulfonamides is 1. The maximum Gasteiger partial charge on any atom is 0.303 e. The molecular weight excluding hydrogens is 605 g/mol. The van der Waals surface area contributed by atoms with Crippen molar-refractivity contribution in [1.82, 2.24) is 19.0 Å². The molecule has 0 spiro atoms. The number of nitrogens with zero attached hydrogens (tertiary/aromatic N) is 4. The van der Waals surface area contributed by atoms with Crippen LogP contribution in [-0.4, -0.2) is 68.3 Å². The molecule has 2 aliphatic rings. The van der Waals surface area contributed by atoms with E-state index in [0.29, 0.717) is 64.9 Å². The van der Waals surface area contributed by atoms with Crippen molar-refractivity contribution < 1.29 is 23.1 Å². The number of carbonyl (C=O) groups excluding carboxylic acids is 1. The normalized spacial score (nSPS) is 17.5. The third-order valence-electron chi connectivity index (χ3n) is 7.51. The van der Waals surface area contributed by atoms with Gasteiger partial charge in [0.1, 0.15) is 10.0 Å². The lowest BCUT2D eigenvalue weighted by Crippen LogP contribution is -2.31. The van der Waals surface area contributed by atoms with E-state index in [9.17, 15) is 18.0 Å². The van der Waals surface area contributed by atoms with Gasteiger partial charge in [-0.05, 0) is 56.0 Å². The lowest BCUT2D eigenvalue weighted by atomic mass is 10.1. The first-order valence-electron chi connectivity index (χ1n) is 14.5. The summed E-state index contributed by atoms with van der Waals surface area (Å²) in [7, 11) is -3.67. The summed E-state index contributed by atoms with van der Waals surface area (Å²) in [6.45, 7) is 1.46. The summed E-state index contributed by atoms with van der Waals surface area (Å²) in [4.78, 5) is 26.4. The highest BCUT2D eigenvalue weighted by atomic mass is 32.2. The molecule has 1 amide bonds. The fourth-order valence-corrected chi connectivity index (χ4v) is 8.09. The molecular formula is C31H34N4O5S3. The van der Waals surface area contributed by atoms with Gasteiger partial charge in [-0.15, -0.1) is 0 Å². The molecule has 3 aromatic rings. The molecule has 3 heterocycles. The summed E-state index contributed by atoms with van der Waals surface area (Å²) in [5.41, 5.74) is 2.67. The Hall–Kier alpha value is -3.32. The van der Waals surface area contributed by atoms with Crippen molar-refractivity contribution in [3.05, 3.63) is 71.3 Å². The number of amides is 1. The predicted octanol–water partition coefficient (Wildman–Crippen LogP) is 5.95. The second-order valence-electron chi connectivity index (χ2n) is 10.6. The topological polar surface area (TPSA) is 113 Å². The number of thioether (sulfide) groups is 1. The molecule has 43 heavy (non-hydrogen) atoms. The first-order chi connectivity index (χ1) is 20.7. The smallest absolute Gasteiger partial charge is 0.303 e. The van der Waals surface area contributed by atoms with Gasteiger partial charge in [-0.25, -0.2) is 13.1 Å². The molecule has 12 heteroatoms. The zero-order chi connectivity index (χ0) is 30.4. The number of para-hydroxylation sites is 1. The number of hydrogen-bond acceptors (Lipinski definition) is 7. The van der Waals surface area contributed by atoms with Crippen molar-refractivity contribution in [3.63, 3.8) is 0 Å². The molecule has 9 nitrogen and oxygen atoms in total. The highest BCUT2D eigenvalue weighted by Crippen LogP contribution is 2.36. The van der Waals surface area contributed by atoms with Gasteiger partial charge in [0, 0.05) is 43.4 Å². The van der Waals surface area contributed by atoms with Gasteiger partial charge >= 0.3 is 5.97 Å². The quantitative estimate of drug-likeness (QED) is 0.156. The van der Waals surface area contributed by atoms with Crippen LogP contribution in [0.5, 0.6) is 0 Å². The summed E-state index contributed by atoms with van der Waals surface area (Å²) in [6.07, 6.45) is 9.36. The molecule has 0 unspecified atom stereocenters. The molecule has 1 aromatic heterocycles. The van der Waals surface area contributed by atoms with Gasteiger partial charge in [0.2, 0.25) is 10.0 Å². The third kappa shape index (κ3) is 7.43. The van der Waals surface area contributed by atoms with E-state index in [4.69, 9.17) is 22.4 Å². The van der Waals surface area contributed by atoms with E-state index in [2.05, 4.69) is 0 Å². The van der Waals surface area contributed by atoms with Crippen molar-refractivity contribution in [3.8, 4) is 16.9 Å². The van der Waals surface area contributed by atoms with Crippen LogP contribution in [0.4, 0.5) is 0 Å². The van der Waals surface area contributed by atoms with Gasteiger partial charge in [0.15, 0.2) is 0 Å². The Balaban J connectivity index is 1.46. The molecule has 2 saturated heterocycles. The van der Waals surface area contributed by atoms with Gasteiger partial charge in [0.05, 0.1) is 15.5 Å². The van der Waals surface area contributed by atoms with E-state index in [-0.39, 0.29) is 17.2 Å². The van der Waals surface area contributed by atoms with Crippen molar-refractivity contribution in [2.24, 2.45) is 0 Å². The molecule has 0 radical (unpaired) electrons. The number of benzene rings is 2. The Bertz CT molecular complexity index is 1630. The van der Waals surface area contributed by atoms with Crippen LogP contribution in [-0.2, 0) is 19.6 Å². The van der Waals surface area contributed by atoms with Crippen LogP contribution in [0, 0.1) is 0 Å². The Morgan fingerprint density at radius 1 is 1.00 bits per heavy atom. The van der Waals surface area contributed by atoms with Gasteiger partial charge in [-0.2, -0.15) is 9.40 Å². The van der Waals surface area contributed by atoms with E-state index in [0.717, 1.165) is 31.4 Å². The van der Waals surface area contributed by atoms with E-state index < -0.39 is 16.0 Å². The maximum atomic E-state index is 13.6. The van der Waals surface area contributed by atoms with Crippen LogP contribution in [0.25, 0.3) is 23.0 Å². The fourth-order valence-electron chi connectivity index (χ4n) is 5.22. The molecule has 2 aliphatic heterocycles. The number of carboxylic acid groups (broad SMARTS) is 1. The molecule has 226 valence electrons. The molecule has 0 aliphatic carbocycles. The zero-order valence-corrected chi connectivity index (χ0v) is 26.2. The largest absolute Gasteiger partial charge is 0.481 e. The summed E-state index contributed by atoms with van der Waals surface area (Å²) >= 11 is 6.73. The van der Waals surface area contributed by atoms with E-state index >= 15 is 0 Å². The number of carbonyl (C=O) groups is 2. The Kier molecular flexibility index (Phi) is 10.1. The minimum atomic E-state index is -3.67. The van der Waals surface area contributed by atoms with Gasteiger partial charge in [-0.3, -0.25) is 14.5 Å². The number of thiocarbonyl (C=S) groups is 1. The van der Waals surface area contributed by atoms with Gasteiger partial charge < -0.3 is 5.11 Å². The number of unbranched alkanes of at least 4 members (excludes halogenated alkanes) is 2. The van der Waals surface area contributed by atoms with Crippen LogP contribution < -0.4 is 0 Å². The number of aromatic nitrogens is 2. The van der Waals surface area contributed by atoms with Crippen LogP contribution in [0.15, 0.2) is 70.6 Å². The lowest BCUT2D eigenvalue weighted by Gasteiger charge is -2.20. The molecule has 5 rings (SSSR count). The first-order valence-corrected chi connectivity index (χ1v) is 17.1. The second kappa shape index (κ2) is 14.0. The average Bonchev–Trinajstić information content (AvgIpc) is 3.38. The SMILES string of the molecule is O=C(O)CCCCCN1C(=O)/C(=C/c2cn(-c3ccccc3)nc2-c2cccc(S(=O)(=O)N3CCCCCC3)c2)SC1=S. The zero-order valence-electron chi connectivity index (χ0n) is 23.7. The van der Waals surface area contributed by atoms with Crippen molar-refractivity contribution in [1.29, 1.82) is 0 Å². The molecule has 2 fully saturated rings. The van der Waals surface area contributed by atoms with E-state index in [1.165, 1.54) is 11.8 Å². The Labute approximate surface area is 261 Å². The molecule has 0 saturated carbocycles. The summed E-state index contributed by atoms with van der Waals surface area (Å²) in [6, 6.07) is 16.4. The molecule has 1 N–H and O–H groups in total. The van der Waals surface area contributed by atoms with Crippen LogP contribution >= 0.6 is 24.0 Å². The molecule has 0 atom stereocenters. The summed E-state index contributed by atoms with van der Waals surface area (Å²) in [5, 5.41) is 13.7. The second-order valence-corrected chi connectivity index (χ2v) is 14.2. The third-order valence-corrected chi connectivity index (χ3v) is 10.8. The van der Waals surface area contributed by atoms with Crippen molar-refractivity contribution in [2.45, 2.75) is 56.3 Å². The highest BCUT2D eigenvalue weighted by Gasteiger charge is 2.32. The first kappa shape index (κ1) is 31.1. The standard InChI is InChI=1S/C31H34N4O5S3/c36-28(37)16-7-4-10-19-34-30(38)27(42-31(34)41)21-24-22-35(25-13-5-3-6-14-25)32-29(24)23-12-11-15-26(20-23)43(39,40)33-17-8-1-2-9-18-33/h3,5-6,11-15,20-22H,1-2,4,7-10,16-19H2,(H,36,37)/b27-21-. The van der Waals surface area contributed by atoms with Crippen LogP contribution in [0.2, 0.25) is 0 Å². The highest BCUT2D eigenvalue weighted by molar-refractivity contribution is 8.26. The van der Waals surface area contributed by atoms with Gasteiger partial charge in [-0.1, -0.05) is 73.6 Å². The van der Waals surface area contributed by atoms with Crippen LogP contribution in [0.3, 0.4) is 0 Å². The Morgan fingerprint density at radius 2 is 1.74 bits per heavy atom. The fraction of sp³-hybridized carbons (Fsp3) is 0.355. The molecule has 2 aromatic carbocycles. The summed E-state index contributed by atoms with van der Waals surface area (Å²) in [5.74, 6) is -1.03. The lowest BCUT2D eigenvalue weighted by molar-refractivity contribution is -0.137. The number of carboxylic acids is 1. The van der Waals surface area contributed by atoms with E-state index in [1.807, 2.05) is 42.6 Å². The number of aliphatic carboxylic acids is 1. The monoisotopic (exact) mass is 638 g/mol. The van der Waals surface area contributed by atoms with Crippen molar-refractivity contribution in [2.75, 3.05) is 19.6 Å². The summed E-state index contributed by atoms with van der Waals surface area (Å²) < 4.78 is 30.9. The number of rotatable bonds is 11. The molecule has 0 bridgehead atoms. The minimum Gasteiger partial charge on any atom is -0.481 e. The van der Waals surface area contributed by atoms with Crippen LogP contribution in [0.1, 0.15) is 56.9 Å². The van der Waals surface area contributed by atoms with Crippen molar-refractivity contribution >= 4 is 56.3 Å². The predicted molar refractivity (Wildman–Crippen MR) is 172 cm³/mol. The average molecular weight is 639 g/mol. The Morgan fingerprint density at radius 3 is 2.47 bits per heavy atom. The maximum absolute atomic E-state index is 13.6. The number of hydrogen-bond donors (Lipinski definition) is 1. The van der Waals surface area contributed by atoms with E-state index in [1.54, 1.807) is 38.2 Å². The van der Waals surface area contributed by atoms with Gasteiger partial charge in [0.25, 0.3) is 5.91 Å².